The lowest BCUT2D eigenvalue weighted by Crippen LogP contribution is -2.68. The van der Waals surface area contributed by atoms with Gasteiger partial charge in [0, 0.05) is 19.4 Å². The van der Waals surface area contributed by atoms with Crippen LogP contribution in [0.3, 0.4) is 0 Å². The third-order valence-electron chi connectivity index (χ3n) is 20.5. The molecule has 24 heteroatoms. The van der Waals surface area contributed by atoms with Crippen molar-refractivity contribution in [2.24, 2.45) is 52.3 Å². The van der Waals surface area contributed by atoms with Crippen LogP contribution in [0.5, 0.6) is 0 Å². The van der Waals surface area contributed by atoms with Gasteiger partial charge in [0.05, 0.1) is 38.6 Å². The second-order valence-electron chi connectivity index (χ2n) is 24.7. The van der Waals surface area contributed by atoms with Crippen LogP contribution in [-0.2, 0) is 52.2 Å². The van der Waals surface area contributed by atoms with Crippen LogP contribution in [0.1, 0.15) is 92.4 Å². The maximum absolute atomic E-state index is 12.3. The molecule has 13 N–H and O–H groups in total. The standard InChI is InChI=1S/C52H85NO23/c1-20-12-33(68-22(3)57)52(53-15-20)21(2)34-29(76-52)14-27-25-7-6-23-13-24(8-10-50(23,4)26(25)9-11-51(27,34)5)69-47-42(66)39(63)43(32(18-56)72-47)73-49-45(75-48-41(65)38(62)36(60)30(16-54)70-48)44(37(61)31(17-55)71-49)74-46-40(64)35(59)28(58)19-67-46/h20-21,23-49,53-56,58-66H,6-19H2,1-5H3. The Morgan fingerprint density at radius 1 is 0.605 bits per heavy atom. The first-order chi connectivity index (χ1) is 36.1. The van der Waals surface area contributed by atoms with E-state index in [2.05, 4.69) is 33.0 Å². The van der Waals surface area contributed by atoms with Crippen molar-refractivity contribution in [3.8, 4) is 0 Å². The summed E-state index contributed by atoms with van der Waals surface area (Å²) in [7, 11) is 0. The van der Waals surface area contributed by atoms with Gasteiger partial charge in [-0.1, -0.05) is 27.7 Å². The number of rotatable bonds is 12. The molecule has 32 atom stereocenters. The zero-order valence-corrected chi connectivity index (χ0v) is 44.0. The number of carbonyl (C=O) groups excluding carboxylic acids is 1. The highest BCUT2D eigenvalue weighted by Gasteiger charge is 2.71. The van der Waals surface area contributed by atoms with Gasteiger partial charge < -0.3 is 109 Å². The molecule has 0 radical (unpaired) electrons. The van der Waals surface area contributed by atoms with Gasteiger partial charge in [-0.05, 0) is 104 Å². The van der Waals surface area contributed by atoms with E-state index in [0.29, 0.717) is 48.3 Å². The molecular weight excluding hydrogens is 1010 g/mol. The van der Waals surface area contributed by atoms with Crippen molar-refractivity contribution in [3.63, 3.8) is 0 Å². The summed E-state index contributed by atoms with van der Waals surface area (Å²) < 4.78 is 61.0. The van der Waals surface area contributed by atoms with E-state index in [9.17, 15) is 66.1 Å². The first kappa shape index (κ1) is 57.8. The van der Waals surface area contributed by atoms with Crippen molar-refractivity contribution in [2.45, 2.75) is 233 Å². The molecule has 1 spiro atoms. The molecule has 0 bridgehead atoms. The lowest BCUT2D eigenvalue weighted by atomic mass is 9.44. The summed E-state index contributed by atoms with van der Waals surface area (Å²) in [5.74, 6) is 2.40. The number of nitrogens with one attached hydrogen (secondary N) is 1. The highest BCUT2D eigenvalue weighted by atomic mass is 16.8. The Bertz CT molecular complexity index is 1990. The van der Waals surface area contributed by atoms with E-state index in [1.807, 2.05) is 0 Å². The van der Waals surface area contributed by atoms with Gasteiger partial charge in [0.1, 0.15) is 97.7 Å². The predicted octanol–water partition coefficient (Wildman–Crippen LogP) is -3.16. The molecule has 10 aliphatic rings. The normalized spacial score (nSPS) is 56.3. The number of hydrogen-bond donors (Lipinski definition) is 13. The average molecular weight is 1090 g/mol. The van der Waals surface area contributed by atoms with Crippen molar-refractivity contribution >= 4 is 5.97 Å². The van der Waals surface area contributed by atoms with E-state index in [4.69, 9.17) is 47.4 Å². The number of fused-ring (bicyclic) bond motifs is 7. The molecule has 6 heterocycles. The molecule has 24 nitrogen and oxygen atoms in total. The topological polar surface area (TPSA) is 364 Å². The van der Waals surface area contributed by atoms with Gasteiger partial charge >= 0.3 is 5.97 Å². The van der Waals surface area contributed by atoms with Crippen LogP contribution >= 0.6 is 0 Å². The fourth-order valence-corrected chi connectivity index (χ4v) is 16.5. The number of carbonyl (C=O) groups is 1. The summed E-state index contributed by atoms with van der Waals surface area (Å²) in [4.78, 5) is 12.3. The second kappa shape index (κ2) is 22.4. The van der Waals surface area contributed by atoms with Gasteiger partial charge in [0.15, 0.2) is 30.9 Å². The van der Waals surface area contributed by atoms with E-state index in [0.717, 1.165) is 51.5 Å². The molecule has 6 aliphatic heterocycles. The van der Waals surface area contributed by atoms with Crippen molar-refractivity contribution in [1.29, 1.82) is 0 Å². The molecule has 0 amide bonds. The first-order valence-corrected chi connectivity index (χ1v) is 27.8. The second-order valence-corrected chi connectivity index (χ2v) is 24.7. The smallest absolute Gasteiger partial charge is 0.303 e. The average Bonchev–Trinajstić information content (AvgIpc) is 4.05. The highest BCUT2D eigenvalue weighted by molar-refractivity contribution is 5.66. The quantitative estimate of drug-likeness (QED) is 0.0678. The van der Waals surface area contributed by atoms with Crippen LogP contribution in [0, 0.1) is 52.3 Å². The third kappa shape index (κ3) is 9.93. The van der Waals surface area contributed by atoms with Crippen LogP contribution in [-0.4, -0.2) is 241 Å². The van der Waals surface area contributed by atoms with Crippen LogP contribution in [0.4, 0.5) is 0 Å². The number of aliphatic hydroxyl groups is 12. The van der Waals surface area contributed by atoms with Crippen molar-refractivity contribution in [3.05, 3.63) is 0 Å². The molecule has 10 rings (SSSR count). The summed E-state index contributed by atoms with van der Waals surface area (Å²) in [5, 5.41) is 133. The number of aliphatic hydroxyl groups excluding tert-OH is 12. The summed E-state index contributed by atoms with van der Waals surface area (Å²) in [6, 6.07) is 0. The van der Waals surface area contributed by atoms with Crippen molar-refractivity contribution in [1.82, 2.24) is 5.32 Å². The minimum atomic E-state index is -2.01. The highest BCUT2D eigenvalue weighted by Crippen LogP contribution is 2.71. The molecule has 0 aromatic heterocycles. The maximum Gasteiger partial charge on any atom is 0.303 e. The Morgan fingerprint density at radius 2 is 1.22 bits per heavy atom. The Labute approximate surface area is 442 Å². The molecule has 0 aromatic carbocycles. The molecule has 32 unspecified atom stereocenters. The van der Waals surface area contributed by atoms with Gasteiger partial charge in [-0.3, -0.25) is 10.1 Å². The third-order valence-corrected chi connectivity index (χ3v) is 20.5. The number of hydrogen-bond acceptors (Lipinski definition) is 24. The summed E-state index contributed by atoms with van der Waals surface area (Å²) in [6.45, 7) is 8.66. The molecular formula is C52H85NO23. The van der Waals surface area contributed by atoms with E-state index >= 15 is 0 Å². The van der Waals surface area contributed by atoms with Crippen LogP contribution in [0.2, 0.25) is 0 Å². The number of esters is 1. The van der Waals surface area contributed by atoms with Gasteiger partial charge in [0.2, 0.25) is 0 Å². The fraction of sp³-hybridized carbons (Fsp3) is 0.981. The van der Waals surface area contributed by atoms with E-state index < -0.39 is 149 Å². The van der Waals surface area contributed by atoms with Gasteiger partial charge in [-0.2, -0.15) is 0 Å². The zero-order valence-electron chi connectivity index (χ0n) is 44.0. The Morgan fingerprint density at radius 3 is 1.93 bits per heavy atom. The van der Waals surface area contributed by atoms with E-state index in [1.54, 1.807) is 0 Å². The molecule has 6 saturated heterocycles. The monoisotopic (exact) mass is 1090 g/mol. The molecule has 436 valence electrons. The molecule has 10 fully saturated rings. The SMILES string of the molecule is CC(=O)OC1CC(C)CNC12OC1CC3C4CCC5CC(OC6OC(CO)C(OC7OC(CO)C(O)C(OC8OCC(O)C(O)C8O)C7OC7OC(CO)C(O)C(O)C7O)C(O)C6O)CCC5(C)C4CCC3(C)C1C2C. The Hall–Kier alpha value is -1.41. The Kier molecular flexibility index (Phi) is 17.0. The fourth-order valence-electron chi connectivity index (χ4n) is 16.5. The van der Waals surface area contributed by atoms with Crippen LogP contribution in [0.25, 0.3) is 0 Å². The summed E-state index contributed by atoms with van der Waals surface area (Å²) >= 11 is 0. The van der Waals surface area contributed by atoms with Crippen LogP contribution in [0.15, 0.2) is 0 Å². The number of piperidine rings is 1. The van der Waals surface area contributed by atoms with Gasteiger partial charge in [-0.25, -0.2) is 0 Å². The van der Waals surface area contributed by atoms with Gasteiger partial charge in [-0.15, -0.1) is 0 Å². The van der Waals surface area contributed by atoms with E-state index in [1.165, 1.54) is 6.92 Å². The molecule has 4 saturated carbocycles. The Balaban J connectivity index is 0.809. The van der Waals surface area contributed by atoms with Gasteiger partial charge in [0.25, 0.3) is 0 Å². The van der Waals surface area contributed by atoms with Crippen molar-refractivity contribution in [2.75, 3.05) is 33.0 Å². The lowest BCUT2D eigenvalue weighted by molar-refractivity contribution is -0.404. The minimum absolute atomic E-state index is 0.0349. The first-order valence-electron chi connectivity index (χ1n) is 27.8. The molecule has 76 heavy (non-hydrogen) atoms. The predicted molar refractivity (Wildman–Crippen MR) is 255 cm³/mol. The zero-order chi connectivity index (χ0) is 54.5. The lowest BCUT2D eigenvalue weighted by Gasteiger charge is -2.61. The van der Waals surface area contributed by atoms with E-state index in [-0.39, 0.29) is 41.0 Å². The van der Waals surface area contributed by atoms with Crippen LogP contribution < -0.4 is 5.32 Å². The molecule has 0 aromatic rings. The summed E-state index contributed by atoms with van der Waals surface area (Å²) in [6.07, 6.45) is -25.5. The van der Waals surface area contributed by atoms with Crippen molar-refractivity contribution < 1.29 is 113 Å². The largest absolute Gasteiger partial charge is 0.458 e. The number of ether oxygens (including phenoxy) is 10. The maximum atomic E-state index is 12.3. The summed E-state index contributed by atoms with van der Waals surface area (Å²) in [5.41, 5.74) is -0.582. The minimum Gasteiger partial charge on any atom is -0.458 e. The molecule has 4 aliphatic carbocycles.